The summed E-state index contributed by atoms with van der Waals surface area (Å²) in [6.45, 7) is 5.65. The van der Waals surface area contributed by atoms with E-state index in [2.05, 4.69) is 26.2 Å². The average Bonchev–Trinajstić information content (AvgIpc) is 2.78. The van der Waals surface area contributed by atoms with Gasteiger partial charge < -0.3 is 10.1 Å². The molecule has 1 saturated carbocycles. The van der Waals surface area contributed by atoms with Crippen LogP contribution >= 0.6 is 0 Å². The Kier molecular flexibility index (Phi) is 4.87. The van der Waals surface area contributed by atoms with Gasteiger partial charge in [0, 0.05) is 12.6 Å². The molecule has 1 aliphatic heterocycles. The molecule has 0 aromatic carbocycles. The topological polar surface area (TPSA) is 21.3 Å². The van der Waals surface area contributed by atoms with E-state index in [0.29, 0.717) is 12.1 Å². The second-order valence-electron chi connectivity index (χ2n) is 6.10. The fourth-order valence-corrected chi connectivity index (χ4v) is 3.80. The summed E-state index contributed by atoms with van der Waals surface area (Å²) in [5, 5.41) is 3.55. The molecule has 2 heteroatoms. The van der Waals surface area contributed by atoms with Gasteiger partial charge in [-0.05, 0) is 44.1 Å². The third kappa shape index (κ3) is 3.03. The predicted molar refractivity (Wildman–Crippen MR) is 72.1 cm³/mol. The predicted octanol–water partition coefficient (Wildman–Crippen LogP) is 3.22. The molecule has 0 spiro atoms. The summed E-state index contributed by atoms with van der Waals surface area (Å²) >= 11 is 0. The first-order valence-corrected chi connectivity index (χ1v) is 7.55. The zero-order valence-corrected chi connectivity index (χ0v) is 11.7. The minimum absolute atomic E-state index is 0.461. The Balaban J connectivity index is 1.90. The Morgan fingerprint density at radius 3 is 2.35 bits per heavy atom. The number of nitrogens with one attached hydrogen (secondary N) is 1. The van der Waals surface area contributed by atoms with Crippen LogP contribution in [0.4, 0.5) is 0 Å². The SMILES string of the molecule is CCC1CCC(C(NC)C2OCCC2C)CC1. The third-order valence-corrected chi connectivity index (χ3v) is 5.11. The van der Waals surface area contributed by atoms with Crippen LogP contribution in [0, 0.1) is 17.8 Å². The van der Waals surface area contributed by atoms with E-state index in [4.69, 9.17) is 4.74 Å². The monoisotopic (exact) mass is 239 g/mol. The van der Waals surface area contributed by atoms with E-state index in [0.717, 1.165) is 24.4 Å². The molecular formula is C15H29NO. The molecule has 0 aromatic rings. The number of hydrogen-bond acceptors (Lipinski definition) is 2. The Bertz CT molecular complexity index is 223. The summed E-state index contributed by atoms with van der Waals surface area (Å²) in [5.41, 5.74) is 0. The smallest absolute Gasteiger partial charge is 0.0756 e. The summed E-state index contributed by atoms with van der Waals surface area (Å²) in [5.74, 6) is 2.57. The highest BCUT2D eigenvalue weighted by molar-refractivity contribution is 4.90. The van der Waals surface area contributed by atoms with Gasteiger partial charge >= 0.3 is 0 Å². The Morgan fingerprint density at radius 1 is 1.18 bits per heavy atom. The van der Waals surface area contributed by atoms with E-state index in [1.54, 1.807) is 0 Å². The zero-order valence-electron chi connectivity index (χ0n) is 11.7. The van der Waals surface area contributed by atoms with E-state index in [1.165, 1.54) is 38.5 Å². The van der Waals surface area contributed by atoms with Gasteiger partial charge in [0.05, 0.1) is 6.10 Å². The van der Waals surface area contributed by atoms with Crippen molar-refractivity contribution in [2.24, 2.45) is 17.8 Å². The maximum atomic E-state index is 5.96. The van der Waals surface area contributed by atoms with Gasteiger partial charge in [0.15, 0.2) is 0 Å². The first-order valence-electron chi connectivity index (χ1n) is 7.55. The molecule has 1 saturated heterocycles. The normalized spacial score (nSPS) is 40.4. The molecule has 1 heterocycles. The lowest BCUT2D eigenvalue weighted by Crippen LogP contribution is -2.46. The van der Waals surface area contributed by atoms with Crippen molar-refractivity contribution < 1.29 is 4.74 Å². The molecule has 2 nitrogen and oxygen atoms in total. The fraction of sp³-hybridized carbons (Fsp3) is 1.00. The van der Waals surface area contributed by atoms with E-state index in [1.807, 2.05) is 0 Å². The first-order chi connectivity index (χ1) is 8.26. The minimum Gasteiger partial charge on any atom is -0.376 e. The van der Waals surface area contributed by atoms with Crippen molar-refractivity contribution in [1.82, 2.24) is 5.32 Å². The van der Waals surface area contributed by atoms with Gasteiger partial charge in [-0.15, -0.1) is 0 Å². The maximum Gasteiger partial charge on any atom is 0.0756 e. The van der Waals surface area contributed by atoms with Crippen molar-refractivity contribution in [2.45, 2.75) is 64.5 Å². The Morgan fingerprint density at radius 2 is 1.88 bits per heavy atom. The number of ether oxygens (including phenoxy) is 1. The quantitative estimate of drug-likeness (QED) is 0.813. The van der Waals surface area contributed by atoms with Gasteiger partial charge in [-0.2, -0.15) is 0 Å². The van der Waals surface area contributed by atoms with Crippen LogP contribution in [0.5, 0.6) is 0 Å². The van der Waals surface area contributed by atoms with Crippen molar-refractivity contribution >= 4 is 0 Å². The highest BCUT2D eigenvalue weighted by Crippen LogP contribution is 2.36. The van der Waals surface area contributed by atoms with Crippen LogP contribution in [0.1, 0.15) is 52.4 Å². The lowest BCUT2D eigenvalue weighted by molar-refractivity contribution is 0.0324. The second kappa shape index (κ2) is 6.19. The molecule has 2 rings (SSSR count). The standard InChI is InChI=1S/C15H29NO/c1-4-12-5-7-13(8-6-12)14(16-3)15-11(2)9-10-17-15/h11-16H,4-10H2,1-3H3. The van der Waals surface area contributed by atoms with Crippen LogP contribution in [0.2, 0.25) is 0 Å². The van der Waals surface area contributed by atoms with Gasteiger partial charge in [0.2, 0.25) is 0 Å². The van der Waals surface area contributed by atoms with Crippen molar-refractivity contribution in [1.29, 1.82) is 0 Å². The number of hydrogen-bond donors (Lipinski definition) is 1. The third-order valence-electron chi connectivity index (χ3n) is 5.11. The summed E-state index contributed by atoms with van der Waals surface area (Å²) in [4.78, 5) is 0. The molecule has 17 heavy (non-hydrogen) atoms. The summed E-state index contributed by atoms with van der Waals surface area (Å²) < 4.78 is 5.96. The van der Waals surface area contributed by atoms with Gasteiger partial charge in [-0.1, -0.05) is 33.1 Å². The average molecular weight is 239 g/mol. The van der Waals surface area contributed by atoms with E-state index >= 15 is 0 Å². The molecule has 0 bridgehead atoms. The molecule has 0 amide bonds. The molecule has 1 N–H and O–H groups in total. The largest absolute Gasteiger partial charge is 0.376 e. The summed E-state index contributed by atoms with van der Waals surface area (Å²) in [7, 11) is 2.12. The van der Waals surface area contributed by atoms with Crippen LogP contribution in [0.3, 0.4) is 0 Å². The van der Waals surface area contributed by atoms with Gasteiger partial charge in [0.25, 0.3) is 0 Å². The zero-order chi connectivity index (χ0) is 12.3. The van der Waals surface area contributed by atoms with Crippen LogP contribution < -0.4 is 5.32 Å². The molecule has 1 aliphatic carbocycles. The molecule has 100 valence electrons. The van der Waals surface area contributed by atoms with Crippen LogP contribution in [-0.2, 0) is 4.74 Å². The van der Waals surface area contributed by atoms with Crippen molar-refractivity contribution in [3.05, 3.63) is 0 Å². The highest BCUT2D eigenvalue weighted by atomic mass is 16.5. The Labute approximate surface area is 107 Å². The Hall–Kier alpha value is -0.0800. The molecule has 2 fully saturated rings. The lowest BCUT2D eigenvalue weighted by atomic mass is 9.75. The second-order valence-corrected chi connectivity index (χ2v) is 6.10. The van der Waals surface area contributed by atoms with E-state index < -0.39 is 0 Å². The van der Waals surface area contributed by atoms with Crippen LogP contribution in [-0.4, -0.2) is 25.8 Å². The summed E-state index contributed by atoms with van der Waals surface area (Å²) in [6.07, 6.45) is 8.73. The van der Waals surface area contributed by atoms with Crippen molar-refractivity contribution in [2.75, 3.05) is 13.7 Å². The van der Waals surface area contributed by atoms with Gasteiger partial charge in [-0.3, -0.25) is 0 Å². The molecule has 0 radical (unpaired) electrons. The number of rotatable bonds is 4. The molecular weight excluding hydrogens is 210 g/mol. The molecule has 0 aromatic heterocycles. The van der Waals surface area contributed by atoms with Gasteiger partial charge in [-0.25, -0.2) is 0 Å². The first kappa shape index (κ1) is 13.4. The minimum atomic E-state index is 0.461. The number of likely N-dealkylation sites (N-methyl/N-ethyl adjacent to an activating group) is 1. The summed E-state index contributed by atoms with van der Waals surface area (Å²) in [6, 6.07) is 0.588. The van der Waals surface area contributed by atoms with Crippen LogP contribution in [0.15, 0.2) is 0 Å². The van der Waals surface area contributed by atoms with Crippen molar-refractivity contribution in [3.8, 4) is 0 Å². The fourth-order valence-electron chi connectivity index (χ4n) is 3.80. The van der Waals surface area contributed by atoms with E-state index in [9.17, 15) is 0 Å². The highest BCUT2D eigenvalue weighted by Gasteiger charge is 2.37. The molecule has 2 aliphatic rings. The lowest BCUT2D eigenvalue weighted by Gasteiger charge is -2.37. The van der Waals surface area contributed by atoms with Gasteiger partial charge in [0.1, 0.15) is 0 Å². The van der Waals surface area contributed by atoms with Crippen molar-refractivity contribution in [3.63, 3.8) is 0 Å². The maximum absolute atomic E-state index is 5.96. The molecule has 3 atom stereocenters. The molecule has 3 unspecified atom stereocenters. The van der Waals surface area contributed by atoms with Crippen LogP contribution in [0.25, 0.3) is 0 Å². The van der Waals surface area contributed by atoms with E-state index in [-0.39, 0.29) is 0 Å².